The molecule has 24 heavy (non-hydrogen) atoms. The third kappa shape index (κ3) is 4.57. The van der Waals surface area contributed by atoms with Crippen molar-refractivity contribution in [1.29, 1.82) is 0 Å². The molecule has 0 radical (unpaired) electrons. The van der Waals surface area contributed by atoms with Crippen LogP contribution in [0.2, 0.25) is 5.02 Å². The molecule has 5 heteroatoms. The number of amides is 1. The van der Waals surface area contributed by atoms with Crippen LogP contribution in [0, 0.1) is 0 Å². The lowest BCUT2D eigenvalue weighted by Gasteiger charge is -2.31. The molecular formula is C19H21ClN2O2. The van der Waals surface area contributed by atoms with E-state index in [0.29, 0.717) is 10.6 Å². The Morgan fingerprint density at radius 2 is 1.88 bits per heavy atom. The number of rotatable bonds is 5. The number of carbonyl (C=O) groups is 1. The third-order valence-electron chi connectivity index (χ3n) is 4.14. The van der Waals surface area contributed by atoms with Crippen molar-refractivity contribution < 1.29 is 9.53 Å². The summed E-state index contributed by atoms with van der Waals surface area (Å²) in [5, 5.41) is 3.71. The van der Waals surface area contributed by atoms with Crippen LogP contribution in [0.4, 0.5) is 0 Å². The quantitative estimate of drug-likeness (QED) is 0.906. The molecule has 4 nitrogen and oxygen atoms in total. The summed E-state index contributed by atoms with van der Waals surface area (Å²) >= 11 is 6.00. The molecule has 0 aromatic heterocycles. The summed E-state index contributed by atoms with van der Waals surface area (Å²) in [6, 6.07) is 17.0. The largest absolute Gasteiger partial charge is 0.379 e. The Morgan fingerprint density at radius 3 is 2.58 bits per heavy atom. The molecule has 1 aliphatic heterocycles. The lowest BCUT2D eigenvalue weighted by atomic mass is 10.1. The van der Waals surface area contributed by atoms with Crippen molar-refractivity contribution in [3.63, 3.8) is 0 Å². The number of benzene rings is 2. The molecule has 1 heterocycles. The van der Waals surface area contributed by atoms with Crippen molar-refractivity contribution in [3.05, 3.63) is 70.7 Å². The highest BCUT2D eigenvalue weighted by Crippen LogP contribution is 2.17. The normalized spacial score (nSPS) is 16.5. The highest BCUT2D eigenvalue weighted by molar-refractivity contribution is 6.30. The van der Waals surface area contributed by atoms with Gasteiger partial charge in [0.05, 0.1) is 19.3 Å². The first-order valence-electron chi connectivity index (χ1n) is 8.14. The van der Waals surface area contributed by atoms with Crippen LogP contribution in [-0.2, 0) is 4.74 Å². The van der Waals surface area contributed by atoms with Gasteiger partial charge in [-0.25, -0.2) is 0 Å². The van der Waals surface area contributed by atoms with Gasteiger partial charge in [-0.15, -0.1) is 0 Å². The molecule has 1 atom stereocenters. The van der Waals surface area contributed by atoms with Crippen LogP contribution in [0.3, 0.4) is 0 Å². The van der Waals surface area contributed by atoms with E-state index in [1.54, 1.807) is 24.3 Å². The Morgan fingerprint density at radius 1 is 1.12 bits per heavy atom. The van der Waals surface area contributed by atoms with Gasteiger partial charge in [-0.05, 0) is 23.8 Å². The maximum Gasteiger partial charge on any atom is 0.251 e. The summed E-state index contributed by atoms with van der Waals surface area (Å²) in [4.78, 5) is 14.9. The zero-order valence-electron chi connectivity index (χ0n) is 13.5. The Kier molecular flexibility index (Phi) is 5.86. The van der Waals surface area contributed by atoms with E-state index in [1.807, 2.05) is 30.3 Å². The predicted molar refractivity (Wildman–Crippen MR) is 95.4 cm³/mol. The molecule has 0 aliphatic carbocycles. The monoisotopic (exact) mass is 344 g/mol. The van der Waals surface area contributed by atoms with Crippen molar-refractivity contribution in [2.45, 2.75) is 6.04 Å². The number of halogens is 1. The predicted octanol–water partition coefficient (Wildman–Crippen LogP) is 3.14. The first kappa shape index (κ1) is 17.0. The lowest BCUT2D eigenvalue weighted by Crippen LogP contribution is -2.43. The molecule has 3 rings (SSSR count). The fraction of sp³-hybridized carbons (Fsp3) is 0.316. The van der Waals surface area contributed by atoms with Gasteiger partial charge in [-0.3, -0.25) is 9.69 Å². The number of morpholine rings is 1. The van der Waals surface area contributed by atoms with Gasteiger partial charge in [0.1, 0.15) is 0 Å². The number of nitrogens with zero attached hydrogens (tertiary/aromatic N) is 1. The zero-order valence-corrected chi connectivity index (χ0v) is 14.2. The Labute approximate surface area is 147 Å². The zero-order chi connectivity index (χ0) is 16.8. The van der Waals surface area contributed by atoms with Crippen molar-refractivity contribution in [3.8, 4) is 0 Å². The average molecular weight is 345 g/mol. The molecule has 1 unspecified atom stereocenters. The minimum Gasteiger partial charge on any atom is -0.379 e. The first-order chi connectivity index (χ1) is 11.7. The van der Waals surface area contributed by atoms with E-state index in [4.69, 9.17) is 16.3 Å². The van der Waals surface area contributed by atoms with Gasteiger partial charge < -0.3 is 10.1 Å². The molecule has 1 amide bonds. The third-order valence-corrected chi connectivity index (χ3v) is 4.37. The molecule has 1 saturated heterocycles. The van der Waals surface area contributed by atoms with E-state index in [-0.39, 0.29) is 11.9 Å². The number of ether oxygens (including phenoxy) is 1. The molecule has 1 N–H and O–H groups in total. The Balaban J connectivity index is 1.75. The van der Waals surface area contributed by atoms with E-state index in [2.05, 4.69) is 10.2 Å². The molecular weight excluding hydrogens is 324 g/mol. The van der Waals surface area contributed by atoms with Gasteiger partial charge in [-0.1, -0.05) is 48.0 Å². The van der Waals surface area contributed by atoms with Gasteiger partial charge in [0.15, 0.2) is 0 Å². The summed E-state index contributed by atoms with van der Waals surface area (Å²) in [7, 11) is 0. The second kappa shape index (κ2) is 8.29. The van der Waals surface area contributed by atoms with Gasteiger partial charge in [0, 0.05) is 30.2 Å². The van der Waals surface area contributed by atoms with E-state index in [0.717, 1.165) is 38.4 Å². The summed E-state index contributed by atoms with van der Waals surface area (Å²) < 4.78 is 5.41. The van der Waals surface area contributed by atoms with Crippen LogP contribution in [0.15, 0.2) is 54.6 Å². The Hall–Kier alpha value is -1.88. The van der Waals surface area contributed by atoms with Crippen molar-refractivity contribution in [2.75, 3.05) is 32.8 Å². The van der Waals surface area contributed by atoms with Gasteiger partial charge in [-0.2, -0.15) is 0 Å². The number of carbonyl (C=O) groups excluding carboxylic acids is 1. The van der Waals surface area contributed by atoms with Crippen LogP contribution >= 0.6 is 11.6 Å². The van der Waals surface area contributed by atoms with Gasteiger partial charge >= 0.3 is 0 Å². The van der Waals surface area contributed by atoms with Crippen molar-refractivity contribution in [1.82, 2.24) is 10.2 Å². The van der Waals surface area contributed by atoms with Crippen molar-refractivity contribution in [2.24, 2.45) is 0 Å². The lowest BCUT2D eigenvalue weighted by molar-refractivity contribution is 0.0332. The van der Waals surface area contributed by atoms with Crippen LogP contribution in [0.1, 0.15) is 22.0 Å². The maximum absolute atomic E-state index is 12.6. The first-order valence-corrected chi connectivity index (χ1v) is 8.51. The minimum absolute atomic E-state index is 0.0734. The van der Waals surface area contributed by atoms with Gasteiger partial charge in [0.25, 0.3) is 5.91 Å². The Bertz CT molecular complexity index is 672. The molecule has 2 aromatic carbocycles. The number of hydrogen-bond donors (Lipinski definition) is 1. The van der Waals surface area contributed by atoms with Crippen LogP contribution in [0.5, 0.6) is 0 Å². The average Bonchev–Trinajstić information content (AvgIpc) is 2.63. The van der Waals surface area contributed by atoms with Crippen LogP contribution in [-0.4, -0.2) is 43.7 Å². The SMILES string of the molecule is O=C(NC(CN1CCOCC1)c1ccccc1)c1cccc(Cl)c1. The second-order valence-electron chi connectivity index (χ2n) is 5.86. The molecule has 1 fully saturated rings. The van der Waals surface area contributed by atoms with E-state index in [9.17, 15) is 4.79 Å². The molecule has 0 spiro atoms. The van der Waals surface area contributed by atoms with E-state index in [1.165, 1.54) is 0 Å². The van der Waals surface area contributed by atoms with E-state index < -0.39 is 0 Å². The summed E-state index contributed by atoms with van der Waals surface area (Å²) in [6.07, 6.45) is 0. The summed E-state index contributed by atoms with van der Waals surface area (Å²) in [5.41, 5.74) is 1.67. The van der Waals surface area contributed by atoms with E-state index >= 15 is 0 Å². The summed E-state index contributed by atoms with van der Waals surface area (Å²) in [5.74, 6) is -0.111. The fourth-order valence-electron chi connectivity index (χ4n) is 2.83. The topological polar surface area (TPSA) is 41.6 Å². The highest BCUT2D eigenvalue weighted by atomic mass is 35.5. The number of hydrogen-bond acceptors (Lipinski definition) is 3. The smallest absolute Gasteiger partial charge is 0.251 e. The summed E-state index contributed by atoms with van der Waals surface area (Å²) in [6.45, 7) is 4.01. The molecule has 2 aromatic rings. The molecule has 0 saturated carbocycles. The van der Waals surface area contributed by atoms with Crippen LogP contribution in [0.25, 0.3) is 0 Å². The maximum atomic E-state index is 12.6. The van der Waals surface area contributed by atoms with Gasteiger partial charge in [0.2, 0.25) is 0 Å². The number of nitrogens with one attached hydrogen (secondary N) is 1. The molecule has 126 valence electrons. The highest BCUT2D eigenvalue weighted by Gasteiger charge is 2.20. The van der Waals surface area contributed by atoms with Crippen LogP contribution < -0.4 is 5.32 Å². The standard InChI is InChI=1S/C19H21ClN2O2/c20-17-8-4-7-16(13-17)19(23)21-18(15-5-2-1-3-6-15)14-22-9-11-24-12-10-22/h1-8,13,18H,9-12,14H2,(H,21,23). The second-order valence-corrected chi connectivity index (χ2v) is 6.30. The minimum atomic E-state index is -0.111. The molecule has 0 bridgehead atoms. The molecule has 1 aliphatic rings. The fourth-order valence-corrected chi connectivity index (χ4v) is 3.02. The van der Waals surface area contributed by atoms with Crippen molar-refractivity contribution >= 4 is 17.5 Å².